The molecule has 0 N–H and O–H groups in total. The van der Waals surface area contributed by atoms with E-state index in [1.54, 1.807) is 24.3 Å². The first-order chi connectivity index (χ1) is 12.8. The van der Waals surface area contributed by atoms with Crippen LogP contribution in [0.5, 0.6) is 11.5 Å². The van der Waals surface area contributed by atoms with E-state index in [0.717, 1.165) is 11.1 Å². The maximum absolute atomic E-state index is 11.9. The van der Waals surface area contributed by atoms with Crippen LogP contribution in [0.15, 0.2) is 65.2 Å². The molecule has 0 aliphatic carbocycles. The highest BCUT2D eigenvalue weighted by atomic mass is 16.7. The molecule has 0 radical (unpaired) electrons. The molecule has 1 aromatic heterocycles. The number of rotatable bonds is 5. The van der Waals surface area contributed by atoms with Crippen molar-refractivity contribution in [1.29, 1.82) is 0 Å². The molecule has 0 spiro atoms. The number of hydrogen-bond acceptors (Lipinski definition) is 6. The van der Waals surface area contributed by atoms with Crippen molar-refractivity contribution in [3.8, 4) is 22.8 Å². The van der Waals surface area contributed by atoms with Crippen LogP contribution in [-0.2, 0) is 16.1 Å². The number of nitrogens with zero attached hydrogens (tertiary/aromatic N) is 1. The summed E-state index contributed by atoms with van der Waals surface area (Å²) in [5.74, 6) is 1.53. The van der Waals surface area contributed by atoms with Crippen LogP contribution >= 0.6 is 0 Å². The molecule has 2 heterocycles. The Kier molecular flexibility index (Phi) is 4.38. The van der Waals surface area contributed by atoms with E-state index >= 15 is 0 Å². The first-order valence-corrected chi connectivity index (χ1v) is 8.03. The molecule has 6 nitrogen and oxygen atoms in total. The summed E-state index contributed by atoms with van der Waals surface area (Å²) in [6.45, 7) is 0.258. The standard InChI is InChI=1S/C20H15NO5/c22-20(9-7-14-6-8-17-19(10-14)25-13-24-17)23-12-16-11-18(26-21-16)15-4-2-1-3-5-15/h1-11H,12-13H2/b9-7-. The van der Waals surface area contributed by atoms with Gasteiger partial charge >= 0.3 is 5.97 Å². The quantitative estimate of drug-likeness (QED) is 0.515. The molecule has 1 aliphatic heterocycles. The van der Waals surface area contributed by atoms with Crippen LogP contribution in [0.25, 0.3) is 17.4 Å². The predicted octanol–water partition coefficient (Wildman–Crippen LogP) is 3.83. The van der Waals surface area contributed by atoms with Gasteiger partial charge in [0.25, 0.3) is 0 Å². The largest absolute Gasteiger partial charge is 0.456 e. The molecule has 0 fully saturated rings. The number of carbonyl (C=O) groups excluding carboxylic acids is 1. The van der Waals surface area contributed by atoms with E-state index in [-0.39, 0.29) is 13.4 Å². The fourth-order valence-electron chi connectivity index (χ4n) is 2.49. The summed E-state index contributed by atoms with van der Waals surface area (Å²) in [5.41, 5.74) is 2.29. The molecule has 0 saturated heterocycles. The Labute approximate surface area is 149 Å². The van der Waals surface area contributed by atoms with E-state index in [0.29, 0.717) is 23.0 Å². The highest BCUT2D eigenvalue weighted by Gasteiger charge is 2.12. The van der Waals surface area contributed by atoms with Gasteiger partial charge in [0.15, 0.2) is 17.3 Å². The van der Waals surface area contributed by atoms with Gasteiger partial charge in [-0.25, -0.2) is 4.79 Å². The molecule has 4 rings (SSSR count). The van der Waals surface area contributed by atoms with Crippen LogP contribution in [0.2, 0.25) is 0 Å². The number of benzene rings is 2. The van der Waals surface area contributed by atoms with E-state index in [9.17, 15) is 4.79 Å². The number of aromatic nitrogens is 1. The van der Waals surface area contributed by atoms with Crippen molar-refractivity contribution < 1.29 is 23.5 Å². The number of esters is 1. The van der Waals surface area contributed by atoms with Crippen LogP contribution in [0.1, 0.15) is 11.3 Å². The minimum absolute atomic E-state index is 0.0423. The SMILES string of the molecule is O=C(/C=C\c1ccc2c(c1)OCO2)OCc1cc(-c2ccccc2)on1. The van der Waals surface area contributed by atoms with Gasteiger partial charge in [0.1, 0.15) is 12.3 Å². The van der Waals surface area contributed by atoms with Gasteiger partial charge < -0.3 is 18.7 Å². The predicted molar refractivity (Wildman–Crippen MR) is 93.3 cm³/mol. The molecule has 1 aliphatic rings. The second kappa shape index (κ2) is 7.14. The molecule has 130 valence electrons. The van der Waals surface area contributed by atoms with Gasteiger partial charge in [0.05, 0.1) is 0 Å². The van der Waals surface area contributed by atoms with Crippen LogP contribution in [0.3, 0.4) is 0 Å². The Morgan fingerprint density at radius 3 is 2.81 bits per heavy atom. The first-order valence-electron chi connectivity index (χ1n) is 8.03. The summed E-state index contributed by atoms with van der Waals surface area (Å²) in [6.07, 6.45) is 3.01. The summed E-state index contributed by atoms with van der Waals surface area (Å²) in [4.78, 5) is 11.9. The van der Waals surface area contributed by atoms with E-state index in [1.165, 1.54) is 6.08 Å². The van der Waals surface area contributed by atoms with Crippen LogP contribution in [0, 0.1) is 0 Å². The Bertz CT molecular complexity index is 946. The number of fused-ring (bicyclic) bond motifs is 1. The molecule has 0 atom stereocenters. The maximum Gasteiger partial charge on any atom is 0.331 e. The highest BCUT2D eigenvalue weighted by molar-refractivity contribution is 5.87. The van der Waals surface area contributed by atoms with Gasteiger partial charge in [-0.05, 0) is 23.8 Å². The van der Waals surface area contributed by atoms with E-state index in [2.05, 4.69) is 5.16 Å². The highest BCUT2D eigenvalue weighted by Crippen LogP contribution is 2.32. The van der Waals surface area contributed by atoms with Crippen molar-refractivity contribution in [2.75, 3.05) is 6.79 Å². The van der Waals surface area contributed by atoms with E-state index in [1.807, 2.05) is 36.4 Å². The van der Waals surface area contributed by atoms with Crippen LogP contribution in [0.4, 0.5) is 0 Å². The Morgan fingerprint density at radius 1 is 1.08 bits per heavy atom. The van der Waals surface area contributed by atoms with Crippen molar-refractivity contribution in [3.63, 3.8) is 0 Å². The lowest BCUT2D eigenvalue weighted by molar-refractivity contribution is -0.139. The summed E-state index contributed by atoms with van der Waals surface area (Å²) in [6, 6.07) is 16.8. The fraction of sp³-hybridized carbons (Fsp3) is 0.100. The monoisotopic (exact) mass is 349 g/mol. The van der Waals surface area contributed by atoms with Crippen LogP contribution < -0.4 is 9.47 Å². The minimum Gasteiger partial charge on any atom is -0.456 e. The summed E-state index contributed by atoms with van der Waals surface area (Å²) < 4.78 is 21.0. The zero-order valence-corrected chi connectivity index (χ0v) is 13.8. The van der Waals surface area contributed by atoms with E-state index in [4.69, 9.17) is 18.7 Å². The zero-order valence-electron chi connectivity index (χ0n) is 13.8. The van der Waals surface area contributed by atoms with Crippen molar-refractivity contribution in [2.45, 2.75) is 6.61 Å². The molecule has 0 saturated carbocycles. The molecule has 26 heavy (non-hydrogen) atoms. The molecule has 2 aromatic carbocycles. The third-order valence-corrected chi connectivity index (χ3v) is 3.79. The summed E-state index contributed by atoms with van der Waals surface area (Å²) in [7, 11) is 0. The number of carbonyl (C=O) groups is 1. The molecule has 3 aromatic rings. The van der Waals surface area contributed by atoms with Crippen molar-refractivity contribution in [3.05, 3.63) is 71.9 Å². The molecule has 0 unspecified atom stereocenters. The molecular formula is C20H15NO5. The van der Waals surface area contributed by atoms with Gasteiger partial charge in [-0.15, -0.1) is 0 Å². The van der Waals surface area contributed by atoms with Crippen LogP contribution in [-0.4, -0.2) is 17.9 Å². The Hall–Kier alpha value is -3.54. The van der Waals surface area contributed by atoms with Crippen molar-refractivity contribution >= 4 is 12.0 Å². The summed E-state index contributed by atoms with van der Waals surface area (Å²) in [5, 5.41) is 3.92. The third kappa shape index (κ3) is 3.59. The van der Waals surface area contributed by atoms with Gasteiger partial charge in [0, 0.05) is 17.7 Å². The Morgan fingerprint density at radius 2 is 1.92 bits per heavy atom. The van der Waals surface area contributed by atoms with Crippen molar-refractivity contribution in [2.24, 2.45) is 0 Å². The zero-order chi connectivity index (χ0) is 17.8. The molecule has 0 bridgehead atoms. The fourth-order valence-corrected chi connectivity index (χ4v) is 2.49. The molecule has 0 amide bonds. The first kappa shape index (κ1) is 16.0. The number of hydrogen-bond donors (Lipinski definition) is 0. The Balaban J connectivity index is 1.33. The topological polar surface area (TPSA) is 70.8 Å². The second-order valence-electron chi connectivity index (χ2n) is 5.60. The second-order valence-corrected chi connectivity index (χ2v) is 5.60. The van der Waals surface area contributed by atoms with E-state index < -0.39 is 5.97 Å². The normalized spacial score (nSPS) is 12.5. The van der Waals surface area contributed by atoms with Gasteiger partial charge in [-0.1, -0.05) is 41.6 Å². The number of ether oxygens (including phenoxy) is 3. The smallest absolute Gasteiger partial charge is 0.331 e. The lowest BCUT2D eigenvalue weighted by Gasteiger charge is -1.99. The lowest BCUT2D eigenvalue weighted by Crippen LogP contribution is -2.00. The third-order valence-electron chi connectivity index (χ3n) is 3.79. The maximum atomic E-state index is 11.9. The van der Waals surface area contributed by atoms with Crippen molar-refractivity contribution in [1.82, 2.24) is 5.16 Å². The lowest BCUT2D eigenvalue weighted by atomic mass is 10.2. The minimum atomic E-state index is -0.466. The van der Waals surface area contributed by atoms with Gasteiger partial charge in [0.2, 0.25) is 6.79 Å². The average molecular weight is 349 g/mol. The molecular weight excluding hydrogens is 334 g/mol. The average Bonchev–Trinajstić information content (AvgIpc) is 3.34. The summed E-state index contributed by atoms with van der Waals surface area (Å²) >= 11 is 0. The van der Waals surface area contributed by atoms with Gasteiger partial charge in [-0.2, -0.15) is 0 Å². The van der Waals surface area contributed by atoms with Gasteiger partial charge in [-0.3, -0.25) is 0 Å². The molecule has 6 heteroatoms.